The maximum atomic E-state index is 12.6. The van der Waals surface area contributed by atoms with E-state index in [1.807, 2.05) is 0 Å². The van der Waals surface area contributed by atoms with Crippen molar-refractivity contribution < 1.29 is 37.1 Å². The third-order valence-electron chi connectivity index (χ3n) is 1.42. The third kappa shape index (κ3) is 2.25. The molecular formula is C7H4F5NO3. The minimum atomic E-state index is -2.38. The Balaban J connectivity index is 0.00000106. The Morgan fingerprint density at radius 2 is 1.06 bits per heavy atom. The molecule has 9 heteroatoms. The Morgan fingerprint density at radius 1 is 0.812 bits per heavy atom. The topological polar surface area (TPSA) is 83.5 Å². The van der Waals surface area contributed by atoms with E-state index in [9.17, 15) is 26.7 Å². The van der Waals surface area contributed by atoms with Gasteiger partial charge in [0.1, 0.15) is 5.56 Å². The summed E-state index contributed by atoms with van der Waals surface area (Å²) in [5.74, 6) is -10.4. The second-order valence-electron chi connectivity index (χ2n) is 2.25. The van der Waals surface area contributed by atoms with E-state index in [2.05, 4.69) is 5.90 Å². The lowest BCUT2D eigenvalue weighted by Crippen LogP contribution is -2.11. The number of rotatable bonds is 1. The van der Waals surface area contributed by atoms with Crippen LogP contribution in [-0.2, 0) is 0 Å². The molecule has 0 aliphatic carbocycles. The smallest absolute Gasteiger partial charge is 0.341 e. The van der Waals surface area contributed by atoms with E-state index in [1.165, 1.54) is 0 Å². The van der Waals surface area contributed by atoms with Crippen molar-refractivity contribution in [2.45, 2.75) is 0 Å². The van der Waals surface area contributed by atoms with E-state index >= 15 is 0 Å². The molecule has 4 N–H and O–H groups in total. The number of carbonyl (C=O) groups is 1. The molecule has 90 valence electrons. The van der Waals surface area contributed by atoms with E-state index in [0.717, 1.165) is 0 Å². The molecule has 4 nitrogen and oxygen atoms in total. The molecule has 1 aromatic rings. The van der Waals surface area contributed by atoms with Gasteiger partial charge in [-0.05, 0) is 0 Å². The molecule has 0 fully saturated rings. The zero-order valence-electron chi connectivity index (χ0n) is 7.27. The lowest BCUT2D eigenvalue weighted by Gasteiger charge is -2.03. The van der Waals surface area contributed by atoms with Gasteiger partial charge in [0, 0.05) is 0 Å². The quantitative estimate of drug-likeness (QED) is 0.302. The fraction of sp³-hybridized carbons (Fsp3) is 0. The van der Waals surface area contributed by atoms with Crippen LogP contribution in [0.4, 0.5) is 22.0 Å². The summed E-state index contributed by atoms with van der Waals surface area (Å²) in [6, 6.07) is 0. The number of benzene rings is 1. The van der Waals surface area contributed by atoms with Gasteiger partial charge >= 0.3 is 5.97 Å². The molecule has 0 aliphatic heterocycles. The van der Waals surface area contributed by atoms with Crippen molar-refractivity contribution in [1.29, 1.82) is 0 Å². The van der Waals surface area contributed by atoms with Crippen molar-refractivity contribution >= 4 is 5.97 Å². The lowest BCUT2D eigenvalue weighted by atomic mass is 10.1. The second kappa shape index (κ2) is 5.37. The monoisotopic (exact) mass is 245 g/mol. The number of nitrogens with two attached hydrogens (primary N) is 1. The van der Waals surface area contributed by atoms with E-state index in [-0.39, 0.29) is 0 Å². The van der Waals surface area contributed by atoms with E-state index in [1.54, 1.807) is 0 Å². The predicted octanol–water partition coefficient (Wildman–Crippen LogP) is 1.41. The van der Waals surface area contributed by atoms with Gasteiger partial charge in [-0.1, -0.05) is 0 Å². The number of carboxylic acids is 1. The number of hydrogen-bond acceptors (Lipinski definition) is 3. The van der Waals surface area contributed by atoms with Gasteiger partial charge in [-0.2, -0.15) is 0 Å². The van der Waals surface area contributed by atoms with Gasteiger partial charge in [0.15, 0.2) is 23.3 Å². The predicted molar refractivity (Wildman–Crippen MR) is 39.2 cm³/mol. The fourth-order valence-electron chi connectivity index (χ4n) is 0.793. The molecule has 0 amide bonds. The van der Waals surface area contributed by atoms with E-state index in [0.29, 0.717) is 0 Å². The Hall–Kier alpha value is -1.74. The van der Waals surface area contributed by atoms with E-state index < -0.39 is 40.6 Å². The summed E-state index contributed by atoms with van der Waals surface area (Å²) in [6.07, 6.45) is 0. The van der Waals surface area contributed by atoms with Crippen LogP contribution in [0.1, 0.15) is 10.4 Å². The molecule has 0 radical (unpaired) electrons. The largest absolute Gasteiger partial charge is 0.477 e. The molecule has 0 heterocycles. The molecule has 1 rings (SSSR count). The summed E-state index contributed by atoms with van der Waals surface area (Å²) < 4.78 is 62.1. The molecule has 0 aromatic heterocycles. The molecule has 0 unspecified atom stereocenters. The minimum absolute atomic E-state index is 1.86. The molecule has 0 spiro atoms. The van der Waals surface area contributed by atoms with Crippen LogP contribution in [0, 0.1) is 29.1 Å². The highest BCUT2D eigenvalue weighted by molar-refractivity contribution is 5.88. The van der Waals surface area contributed by atoms with Crippen molar-refractivity contribution in [1.82, 2.24) is 0 Å². The third-order valence-corrected chi connectivity index (χ3v) is 1.42. The van der Waals surface area contributed by atoms with Crippen molar-refractivity contribution in [2.75, 3.05) is 0 Å². The highest BCUT2D eigenvalue weighted by Crippen LogP contribution is 2.22. The molecule has 16 heavy (non-hydrogen) atoms. The summed E-state index contributed by atoms with van der Waals surface area (Å²) in [7, 11) is 0. The number of halogens is 5. The highest BCUT2D eigenvalue weighted by atomic mass is 19.2. The van der Waals surface area contributed by atoms with Gasteiger partial charge in [-0.25, -0.2) is 32.6 Å². The molecule has 0 saturated carbocycles. The van der Waals surface area contributed by atoms with Crippen LogP contribution in [0.5, 0.6) is 0 Å². The Kier molecular flexibility index (Phi) is 4.79. The first-order valence-electron chi connectivity index (χ1n) is 3.38. The van der Waals surface area contributed by atoms with Crippen molar-refractivity contribution in [3.8, 4) is 0 Å². The number of aromatic carboxylic acids is 1. The average molecular weight is 245 g/mol. The van der Waals surface area contributed by atoms with Crippen LogP contribution in [0.25, 0.3) is 0 Å². The minimum Gasteiger partial charge on any atom is -0.477 e. The van der Waals surface area contributed by atoms with Gasteiger partial charge in [-0.3, -0.25) is 0 Å². The van der Waals surface area contributed by atoms with Crippen LogP contribution in [0.2, 0.25) is 0 Å². The van der Waals surface area contributed by atoms with Gasteiger partial charge in [-0.15, -0.1) is 0 Å². The van der Waals surface area contributed by atoms with Crippen molar-refractivity contribution in [3.05, 3.63) is 34.6 Å². The lowest BCUT2D eigenvalue weighted by molar-refractivity contribution is 0.0682. The second-order valence-corrected chi connectivity index (χ2v) is 2.25. The molecular weight excluding hydrogens is 241 g/mol. The zero-order chi connectivity index (χ0) is 13.0. The van der Waals surface area contributed by atoms with Crippen LogP contribution in [-0.4, -0.2) is 16.3 Å². The van der Waals surface area contributed by atoms with Gasteiger partial charge in [0.05, 0.1) is 0 Å². The van der Waals surface area contributed by atoms with Crippen LogP contribution < -0.4 is 5.90 Å². The van der Waals surface area contributed by atoms with Gasteiger partial charge < -0.3 is 10.3 Å². The van der Waals surface area contributed by atoms with Gasteiger partial charge in [0.25, 0.3) is 0 Å². The standard InChI is InChI=1S/C7HF5O2.H3NO/c8-2-1(7(13)14)3(9)5(11)6(12)4(2)10;1-2/h(H,13,14);2H,1H2. The Bertz CT molecular complexity index is 394. The summed E-state index contributed by atoms with van der Waals surface area (Å²) in [5, 5.41) is 14.7. The van der Waals surface area contributed by atoms with Crippen LogP contribution >= 0.6 is 0 Å². The fourth-order valence-corrected chi connectivity index (χ4v) is 0.793. The summed E-state index contributed by atoms with van der Waals surface area (Å²) >= 11 is 0. The maximum Gasteiger partial charge on any atom is 0.341 e. The first kappa shape index (κ1) is 14.3. The summed E-state index contributed by atoms with van der Waals surface area (Å²) in [6.45, 7) is 0. The molecule has 0 aliphatic rings. The Morgan fingerprint density at radius 3 is 1.31 bits per heavy atom. The number of carboxylic acid groups (broad SMARTS) is 1. The first-order valence-corrected chi connectivity index (χ1v) is 3.38. The van der Waals surface area contributed by atoms with E-state index in [4.69, 9.17) is 10.3 Å². The highest BCUT2D eigenvalue weighted by Gasteiger charge is 2.29. The average Bonchev–Trinajstić information content (AvgIpc) is 2.26. The Labute approximate surface area is 84.7 Å². The van der Waals surface area contributed by atoms with Crippen LogP contribution in [0.15, 0.2) is 0 Å². The molecule has 1 aromatic carbocycles. The summed E-state index contributed by atoms with van der Waals surface area (Å²) in [5.41, 5.74) is -1.86. The molecule has 0 atom stereocenters. The molecule has 0 bridgehead atoms. The SMILES string of the molecule is NO.O=C(O)c1c(F)c(F)c(F)c(F)c1F. The summed E-state index contributed by atoms with van der Waals surface area (Å²) in [4.78, 5) is 10.1. The molecule has 0 saturated heterocycles. The maximum absolute atomic E-state index is 12.6. The van der Waals surface area contributed by atoms with Crippen molar-refractivity contribution in [3.63, 3.8) is 0 Å². The van der Waals surface area contributed by atoms with Crippen LogP contribution in [0.3, 0.4) is 0 Å². The first-order chi connectivity index (χ1) is 7.37. The normalized spacial score (nSPS) is 9.44. The van der Waals surface area contributed by atoms with Gasteiger partial charge in [0.2, 0.25) is 5.82 Å². The van der Waals surface area contributed by atoms with Crippen molar-refractivity contribution in [2.24, 2.45) is 5.90 Å². The number of hydrogen-bond donors (Lipinski definition) is 3. The zero-order valence-corrected chi connectivity index (χ0v) is 7.27.